The number of carbonyl (C=O) groups is 1. The molecule has 1 aromatic heterocycles. The van der Waals surface area contributed by atoms with Crippen LogP contribution in [0, 0.1) is 0 Å². The Balaban J connectivity index is 2.27. The Kier molecular flexibility index (Phi) is 4.32. The molecule has 0 atom stereocenters. The lowest BCUT2D eigenvalue weighted by molar-refractivity contribution is -0.143. The van der Waals surface area contributed by atoms with E-state index in [4.69, 9.17) is 4.74 Å². The molecule has 1 heterocycles. The summed E-state index contributed by atoms with van der Waals surface area (Å²) in [6, 6.07) is 4.63. The zero-order valence-electron chi connectivity index (χ0n) is 13.7. The van der Waals surface area contributed by atoms with E-state index in [9.17, 15) is 18.0 Å². The molecule has 0 spiro atoms. The molecule has 1 aromatic carbocycles. The topological polar surface area (TPSA) is 31.2 Å². The number of methoxy groups -OCH3 is 1. The van der Waals surface area contributed by atoms with Crippen molar-refractivity contribution >= 4 is 16.9 Å². The number of fused-ring (bicyclic) bond motifs is 1. The summed E-state index contributed by atoms with van der Waals surface area (Å²) in [5.74, 6) is -0.657. The number of aromatic nitrogens is 1. The van der Waals surface area contributed by atoms with Crippen molar-refractivity contribution in [3.8, 4) is 0 Å². The van der Waals surface area contributed by atoms with Crippen LogP contribution in [0.3, 0.4) is 0 Å². The van der Waals surface area contributed by atoms with Gasteiger partial charge in [0.1, 0.15) is 5.69 Å². The van der Waals surface area contributed by atoms with E-state index in [-0.39, 0.29) is 11.5 Å². The van der Waals surface area contributed by atoms with Crippen molar-refractivity contribution in [1.82, 2.24) is 4.57 Å². The van der Waals surface area contributed by atoms with Gasteiger partial charge in [-0.15, -0.1) is 0 Å². The molecule has 2 aromatic rings. The molecule has 130 valence electrons. The highest BCUT2D eigenvalue weighted by atomic mass is 19.4. The molecule has 6 heteroatoms. The normalized spacial score (nSPS) is 16.5. The van der Waals surface area contributed by atoms with Gasteiger partial charge in [-0.1, -0.05) is 19.3 Å². The van der Waals surface area contributed by atoms with Crippen LogP contribution in [-0.4, -0.2) is 17.6 Å². The zero-order valence-corrected chi connectivity index (χ0v) is 13.7. The Labute approximate surface area is 138 Å². The molecule has 0 aliphatic heterocycles. The largest absolute Gasteiger partial charge is 0.465 e. The van der Waals surface area contributed by atoms with E-state index in [0.717, 1.165) is 32.1 Å². The average molecular weight is 339 g/mol. The van der Waals surface area contributed by atoms with Crippen LogP contribution in [0.4, 0.5) is 13.2 Å². The Morgan fingerprint density at radius 2 is 1.88 bits per heavy atom. The number of hydrogen-bond acceptors (Lipinski definition) is 2. The van der Waals surface area contributed by atoms with Crippen molar-refractivity contribution in [2.45, 2.75) is 44.2 Å². The van der Waals surface area contributed by atoms with Crippen molar-refractivity contribution in [3.05, 3.63) is 35.0 Å². The van der Waals surface area contributed by atoms with Gasteiger partial charge in [-0.2, -0.15) is 13.2 Å². The number of carbonyl (C=O) groups excluding carboxylic acids is 1. The Morgan fingerprint density at radius 3 is 2.46 bits per heavy atom. The van der Waals surface area contributed by atoms with Crippen LogP contribution in [-0.2, 0) is 18.0 Å². The first-order valence-corrected chi connectivity index (χ1v) is 8.12. The summed E-state index contributed by atoms with van der Waals surface area (Å²) in [5.41, 5.74) is 0.522. The summed E-state index contributed by atoms with van der Waals surface area (Å²) < 4.78 is 47.1. The number of halogens is 3. The number of aryl methyl sites for hydroxylation is 1. The third kappa shape index (κ3) is 2.78. The summed E-state index contributed by atoms with van der Waals surface area (Å²) in [4.78, 5) is 11.8. The highest BCUT2D eigenvalue weighted by molar-refractivity contribution is 5.96. The molecule has 0 amide bonds. The standard InChI is InChI=1S/C18H20F3NO2/c1-22-14-9-8-12(17(23)24-2)10-13(14)15(16(22)18(19,20)21)11-6-4-3-5-7-11/h8-11H,3-7H2,1-2H3. The molecule has 1 aliphatic carbocycles. The number of ether oxygens (including phenoxy) is 1. The summed E-state index contributed by atoms with van der Waals surface area (Å²) in [6.07, 6.45) is 0.0292. The van der Waals surface area contributed by atoms with Crippen LogP contribution < -0.4 is 0 Å². The van der Waals surface area contributed by atoms with Gasteiger partial charge in [0.2, 0.25) is 0 Å². The van der Waals surface area contributed by atoms with Crippen molar-refractivity contribution in [1.29, 1.82) is 0 Å². The molecular formula is C18H20F3NO2. The van der Waals surface area contributed by atoms with Gasteiger partial charge in [-0.3, -0.25) is 0 Å². The Morgan fingerprint density at radius 1 is 1.21 bits per heavy atom. The van der Waals surface area contributed by atoms with E-state index in [0.29, 0.717) is 16.5 Å². The number of benzene rings is 1. The monoisotopic (exact) mass is 339 g/mol. The van der Waals surface area contributed by atoms with E-state index in [1.54, 1.807) is 12.1 Å². The number of rotatable bonds is 2. The summed E-state index contributed by atoms with van der Waals surface area (Å²) in [7, 11) is 2.70. The van der Waals surface area contributed by atoms with Crippen LogP contribution in [0.2, 0.25) is 0 Å². The average Bonchev–Trinajstić information content (AvgIpc) is 2.87. The van der Waals surface area contributed by atoms with E-state index in [1.165, 1.54) is 24.8 Å². The van der Waals surface area contributed by atoms with E-state index >= 15 is 0 Å². The fourth-order valence-electron chi connectivity index (χ4n) is 3.87. The van der Waals surface area contributed by atoms with Gasteiger partial charge < -0.3 is 9.30 Å². The summed E-state index contributed by atoms with van der Waals surface area (Å²) in [6.45, 7) is 0. The number of nitrogens with zero attached hydrogens (tertiary/aromatic N) is 1. The lowest BCUT2D eigenvalue weighted by Crippen LogP contribution is -2.16. The third-order valence-corrected chi connectivity index (χ3v) is 4.94. The first-order valence-electron chi connectivity index (χ1n) is 8.12. The molecule has 0 radical (unpaired) electrons. The van der Waals surface area contributed by atoms with Gasteiger partial charge in [0, 0.05) is 18.0 Å². The van der Waals surface area contributed by atoms with Gasteiger partial charge in [0.05, 0.1) is 12.7 Å². The lowest BCUT2D eigenvalue weighted by Gasteiger charge is -2.24. The van der Waals surface area contributed by atoms with Crippen LogP contribution in [0.25, 0.3) is 10.9 Å². The number of esters is 1. The molecule has 1 aliphatic rings. The molecule has 0 bridgehead atoms. The maximum Gasteiger partial charge on any atom is 0.431 e. The fourth-order valence-corrected chi connectivity index (χ4v) is 3.87. The second-order valence-electron chi connectivity index (χ2n) is 6.38. The first-order chi connectivity index (χ1) is 11.3. The minimum atomic E-state index is -4.42. The lowest BCUT2D eigenvalue weighted by atomic mass is 9.82. The highest BCUT2D eigenvalue weighted by Crippen LogP contribution is 2.45. The minimum absolute atomic E-state index is 0.119. The van der Waals surface area contributed by atoms with Crippen LogP contribution >= 0.6 is 0 Å². The van der Waals surface area contributed by atoms with Crippen molar-refractivity contribution in [3.63, 3.8) is 0 Å². The van der Waals surface area contributed by atoms with Gasteiger partial charge in [-0.05, 0) is 42.5 Å². The molecule has 3 rings (SSSR count). The van der Waals surface area contributed by atoms with Gasteiger partial charge in [0.25, 0.3) is 0 Å². The Bertz CT molecular complexity index is 771. The predicted octanol–water partition coefficient (Wildman–Crippen LogP) is 5.03. The SMILES string of the molecule is COC(=O)c1ccc2c(c1)c(C1CCCCC1)c(C(F)(F)F)n2C. The van der Waals surface area contributed by atoms with E-state index in [2.05, 4.69) is 0 Å². The zero-order chi connectivity index (χ0) is 17.5. The van der Waals surface area contributed by atoms with Crippen molar-refractivity contribution in [2.75, 3.05) is 7.11 Å². The predicted molar refractivity (Wildman–Crippen MR) is 85.1 cm³/mol. The van der Waals surface area contributed by atoms with E-state index < -0.39 is 17.8 Å². The van der Waals surface area contributed by atoms with Crippen LogP contribution in [0.1, 0.15) is 59.6 Å². The molecule has 3 nitrogen and oxygen atoms in total. The quantitative estimate of drug-likeness (QED) is 0.719. The molecule has 1 saturated carbocycles. The number of hydrogen-bond donors (Lipinski definition) is 0. The first kappa shape index (κ1) is 16.9. The second kappa shape index (κ2) is 6.15. The minimum Gasteiger partial charge on any atom is -0.465 e. The summed E-state index contributed by atoms with van der Waals surface area (Å²) >= 11 is 0. The van der Waals surface area contributed by atoms with Gasteiger partial charge >= 0.3 is 12.1 Å². The maximum absolute atomic E-state index is 13.7. The summed E-state index contributed by atoms with van der Waals surface area (Å²) in [5, 5.41) is 0.514. The van der Waals surface area contributed by atoms with Crippen molar-refractivity contribution in [2.24, 2.45) is 7.05 Å². The molecule has 0 unspecified atom stereocenters. The Hall–Kier alpha value is -1.98. The molecule has 24 heavy (non-hydrogen) atoms. The molecule has 1 fully saturated rings. The maximum atomic E-state index is 13.7. The van der Waals surface area contributed by atoms with Crippen LogP contribution in [0.15, 0.2) is 18.2 Å². The number of alkyl halides is 3. The van der Waals surface area contributed by atoms with Gasteiger partial charge in [0.15, 0.2) is 0 Å². The molecular weight excluding hydrogens is 319 g/mol. The van der Waals surface area contributed by atoms with E-state index in [1.807, 2.05) is 0 Å². The smallest absolute Gasteiger partial charge is 0.431 e. The molecule has 0 N–H and O–H groups in total. The highest BCUT2D eigenvalue weighted by Gasteiger charge is 2.40. The molecule has 0 saturated heterocycles. The van der Waals surface area contributed by atoms with Crippen LogP contribution in [0.5, 0.6) is 0 Å². The van der Waals surface area contributed by atoms with Gasteiger partial charge in [-0.25, -0.2) is 4.79 Å². The second-order valence-corrected chi connectivity index (χ2v) is 6.38. The third-order valence-electron chi connectivity index (χ3n) is 4.94. The van der Waals surface area contributed by atoms with Crippen molar-refractivity contribution < 1.29 is 22.7 Å². The fraction of sp³-hybridized carbons (Fsp3) is 0.500.